The normalized spacial score (nSPS) is 13.6. The Hall–Kier alpha value is -1.46. The van der Waals surface area contributed by atoms with E-state index in [1.165, 1.54) is 6.92 Å². The first-order valence-electron chi connectivity index (χ1n) is 5.39. The molecular formula is C11H10ClF3N2O2S. The summed E-state index contributed by atoms with van der Waals surface area (Å²) in [5, 5.41) is 7.16. The Balaban J connectivity index is 3.19. The van der Waals surface area contributed by atoms with Crippen LogP contribution in [0.3, 0.4) is 0 Å². The summed E-state index contributed by atoms with van der Waals surface area (Å²) >= 11 is 5.67. The van der Waals surface area contributed by atoms with Gasteiger partial charge in [-0.3, -0.25) is 4.72 Å². The molecule has 4 nitrogen and oxygen atoms in total. The average Bonchev–Trinajstić information content (AvgIpc) is 2.31. The van der Waals surface area contributed by atoms with Gasteiger partial charge in [0.25, 0.3) is 0 Å². The molecule has 1 aromatic carbocycles. The fraction of sp³-hybridized carbons (Fsp3) is 0.364. The fourth-order valence-corrected chi connectivity index (χ4v) is 2.80. The van der Waals surface area contributed by atoms with Gasteiger partial charge in [0.1, 0.15) is 0 Å². The molecule has 1 unspecified atom stereocenters. The van der Waals surface area contributed by atoms with Crippen LogP contribution in [-0.4, -0.2) is 13.7 Å². The highest BCUT2D eigenvalue weighted by molar-refractivity contribution is 7.93. The van der Waals surface area contributed by atoms with Gasteiger partial charge in [0, 0.05) is 0 Å². The summed E-state index contributed by atoms with van der Waals surface area (Å²) in [6.45, 7) is 1.47. The van der Waals surface area contributed by atoms with Crippen molar-refractivity contribution in [1.82, 2.24) is 0 Å². The Morgan fingerprint density at radius 2 is 2.05 bits per heavy atom. The van der Waals surface area contributed by atoms with Crippen molar-refractivity contribution in [2.75, 3.05) is 4.72 Å². The highest BCUT2D eigenvalue weighted by Gasteiger charge is 2.32. The third-order valence-electron chi connectivity index (χ3n) is 2.44. The molecule has 0 saturated carbocycles. The molecule has 0 amide bonds. The SMILES string of the molecule is CCC(C#N)S(=O)(=O)Nc1cc(C(F)(F)F)ccc1Cl. The van der Waals surface area contributed by atoms with Crippen LogP contribution in [0.5, 0.6) is 0 Å². The van der Waals surface area contributed by atoms with Gasteiger partial charge in [0.2, 0.25) is 10.0 Å². The predicted molar refractivity (Wildman–Crippen MR) is 68.7 cm³/mol. The number of alkyl halides is 3. The van der Waals surface area contributed by atoms with E-state index in [0.717, 1.165) is 12.1 Å². The molecule has 0 radical (unpaired) electrons. The van der Waals surface area contributed by atoms with Crippen molar-refractivity contribution in [2.24, 2.45) is 0 Å². The Morgan fingerprint density at radius 1 is 1.45 bits per heavy atom. The molecule has 1 aromatic rings. The Bertz CT molecular complexity index is 638. The van der Waals surface area contributed by atoms with Gasteiger partial charge >= 0.3 is 6.18 Å². The van der Waals surface area contributed by atoms with Crippen molar-refractivity contribution in [1.29, 1.82) is 5.26 Å². The molecule has 0 aromatic heterocycles. The number of rotatable bonds is 4. The van der Waals surface area contributed by atoms with Crippen LogP contribution in [0.4, 0.5) is 18.9 Å². The number of nitrogens with zero attached hydrogens (tertiary/aromatic N) is 1. The summed E-state index contributed by atoms with van der Waals surface area (Å²) in [7, 11) is -4.12. The van der Waals surface area contributed by atoms with E-state index >= 15 is 0 Å². The highest BCUT2D eigenvalue weighted by atomic mass is 35.5. The van der Waals surface area contributed by atoms with Crippen molar-refractivity contribution >= 4 is 27.3 Å². The van der Waals surface area contributed by atoms with Crippen molar-refractivity contribution in [3.8, 4) is 6.07 Å². The zero-order valence-electron chi connectivity index (χ0n) is 10.2. The minimum absolute atomic E-state index is 0.00239. The topological polar surface area (TPSA) is 70.0 Å². The second kappa shape index (κ2) is 5.89. The van der Waals surface area contributed by atoms with Gasteiger partial charge in [-0.25, -0.2) is 8.42 Å². The van der Waals surface area contributed by atoms with E-state index in [4.69, 9.17) is 16.9 Å². The lowest BCUT2D eigenvalue weighted by Crippen LogP contribution is -2.26. The zero-order valence-corrected chi connectivity index (χ0v) is 11.8. The van der Waals surface area contributed by atoms with Gasteiger partial charge in [0.15, 0.2) is 5.25 Å². The molecule has 1 N–H and O–H groups in total. The second-order valence-electron chi connectivity index (χ2n) is 3.87. The summed E-state index contributed by atoms with van der Waals surface area (Å²) in [5.74, 6) is 0. The van der Waals surface area contributed by atoms with Crippen LogP contribution in [0.15, 0.2) is 18.2 Å². The number of benzene rings is 1. The summed E-state index contributed by atoms with van der Waals surface area (Å²) < 4.78 is 63.2. The number of nitrogens with one attached hydrogen (secondary N) is 1. The first-order valence-corrected chi connectivity index (χ1v) is 7.32. The maximum absolute atomic E-state index is 12.6. The molecule has 0 heterocycles. The number of halogens is 4. The van der Waals surface area contributed by atoms with Crippen LogP contribution in [0.25, 0.3) is 0 Å². The fourth-order valence-electron chi connectivity index (χ4n) is 1.38. The first-order chi connectivity index (χ1) is 9.11. The maximum Gasteiger partial charge on any atom is 0.416 e. The molecule has 0 bridgehead atoms. The molecule has 1 atom stereocenters. The Labute approximate surface area is 119 Å². The molecule has 0 aliphatic rings. The molecule has 0 spiro atoms. The molecule has 20 heavy (non-hydrogen) atoms. The van der Waals surface area contributed by atoms with E-state index in [0.29, 0.717) is 6.07 Å². The smallest absolute Gasteiger partial charge is 0.281 e. The van der Waals surface area contributed by atoms with Crippen molar-refractivity contribution < 1.29 is 21.6 Å². The van der Waals surface area contributed by atoms with Crippen LogP contribution in [0.1, 0.15) is 18.9 Å². The monoisotopic (exact) mass is 326 g/mol. The Kier molecular flexibility index (Phi) is 4.89. The van der Waals surface area contributed by atoms with Crippen LogP contribution in [0.2, 0.25) is 5.02 Å². The first kappa shape index (κ1) is 16.6. The standard InChI is InChI=1S/C11H10ClF3N2O2S/c1-2-8(6-16)20(18,19)17-10-5-7(11(13,14)15)3-4-9(10)12/h3-5,8,17H,2H2,1H3. The van der Waals surface area contributed by atoms with Gasteiger partial charge in [0.05, 0.1) is 22.3 Å². The number of sulfonamides is 1. The largest absolute Gasteiger partial charge is 0.416 e. The van der Waals surface area contributed by atoms with E-state index in [1.807, 2.05) is 4.72 Å². The van der Waals surface area contributed by atoms with Gasteiger partial charge in [-0.2, -0.15) is 18.4 Å². The molecular weight excluding hydrogens is 317 g/mol. The average molecular weight is 327 g/mol. The van der Waals surface area contributed by atoms with Crippen LogP contribution in [-0.2, 0) is 16.2 Å². The summed E-state index contributed by atoms with van der Waals surface area (Å²) in [5.41, 5.74) is -1.44. The molecule has 0 fully saturated rings. The lowest BCUT2D eigenvalue weighted by atomic mass is 10.2. The van der Waals surface area contributed by atoms with E-state index in [2.05, 4.69) is 0 Å². The van der Waals surface area contributed by atoms with Gasteiger partial charge in [-0.1, -0.05) is 18.5 Å². The molecule has 110 valence electrons. The van der Waals surface area contributed by atoms with Crippen molar-refractivity contribution in [3.05, 3.63) is 28.8 Å². The summed E-state index contributed by atoms with van der Waals surface area (Å²) in [4.78, 5) is 0. The van der Waals surface area contributed by atoms with Crippen LogP contribution in [0, 0.1) is 11.3 Å². The van der Waals surface area contributed by atoms with E-state index in [-0.39, 0.29) is 11.4 Å². The number of anilines is 1. The molecule has 0 aliphatic carbocycles. The molecule has 1 rings (SSSR count). The molecule has 9 heteroatoms. The minimum Gasteiger partial charge on any atom is -0.281 e. The molecule has 0 saturated heterocycles. The third-order valence-corrected chi connectivity index (χ3v) is 4.46. The van der Waals surface area contributed by atoms with E-state index < -0.39 is 32.7 Å². The quantitative estimate of drug-likeness (QED) is 0.921. The van der Waals surface area contributed by atoms with Gasteiger partial charge in [-0.05, 0) is 24.6 Å². The Morgan fingerprint density at radius 3 is 2.50 bits per heavy atom. The van der Waals surface area contributed by atoms with E-state index in [1.54, 1.807) is 6.07 Å². The van der Waals surface area contributed by atoms with E-state index in [9.17, 15) is 21.6 Å². The minimum atomic E-state index is -4.62. The summed E-state index contributed by atoms with van der Waals surface area (Å²) in [6.07, 6.45) is -4.62. The molecule has 0 aliphatic heterocycles. The van der Waals surface area contributed by atoms with Gasteiger partial charge in [-0.15, -0.1) is 0 Å². The maximum atomic E-state index is 12.6. The van der Waals surface area contributed by atoms with Crippen LogP contribution >= 0.6 is 11.6 Å². The number of nitriles is 1. The predicted octanol–water partition coefficient (Wildman–Crippen LogP) is 3.40. The zero-order chi connectivity index (χ0) is 15.6. The lowest BCUT2D eigenvalue weighted by Gasteiger charge is -2.14. The van der Waals surface area contributed by atoms with Gasteiger partial charge < -0.3 is 0 Å². The van der Waals surface area contributed by atoms with Crippen molar-refractivity contribution in [3.63, 3.8) is 0 Å². The van der Waals surface area contributed by atoms with Crippen LogP contribution < -0.4 is 4.72 Å². The highest BCUT2D eigenvalue weighted by Crippen LogP contribution is 2.34. The van der Waals surface area contributed by atoms with Crippen molar-refractivity contribution in [2.45, 2.75) is 24.8 Å². The summed E-state index contributed by atoms with van der Waals surface area (Å²) in [6, 6.07) is 3.83. The lowest BCUT2D eigenvalue weighted by molar-refractivity contribution is -0.137. The number of hydrogen-bond acceptors (Lipinski definition) is 3. The second-order valence-corrected chi connectivity index (χ2v) is 6.14. The third kappa shape index (κ3) is 3.77. The number of hydrogen-bond donors (Lipinski definition) is 1.